The standard InChI is InChI=1S/C23H24O4/c24-13-20-5-6-21(27-20)18-1-3-19(4-2-18)22(25)26-14-23-10-15-7-16(11-23)9-17(8-15)12-23/h1-6,13,15-17H,7-12,14H2. The Balaban J connectivity index is 1.24. The summed E-state index contributed by atoms with van der Waals surface area (Å²) in [6, 6.07) is 10.6. The molecule has 4 aliphatic carbocycles. The van der Waals surface area contributed by atoms with Crippen LogP contribution < -0.4 is 0 Å². The normalized spacial score (nSPS) is 31.0. The minimum absolute atomic E-state index is 0.240. The molecule has 6 rings (SSSR count). The van der Waals surface area contributed by atoms with Crippen LogP contribution in [0.2, 0.25) is 0 Å². The van der Waals surface area contributed by atoms with E-state index in [1.165, 1.54) is 38.5 Å². The van der Waals surface area contributed by atoms with Crippen molar-refractivity contribution in [3.63, 3.8) is 0 Å². The van der Waals surface area contributed by atoms with Crippen LogP contribution in [0.5, 0.6) is 0 Å². The zero-order valence-electron chi connectivity index (χ0n) is 15.4. The molecule has 1 aromatic heterocycles. The highest BCUT2D eigenvalue weighted by atomic mass is 16.5. The van der Waals surface area contributed by atoms with E-state index < -0.39 is 0 Å². The zero-order chi connectivity index (χ0) is 18.4. The van der Waals surface area contributed by atoms with E-state index in [9.17, 15) is 9.59 Å². The fourth-order valence-electron chi connectivity index (χ4n) is 6.11. The maximum Gasteiger partial charge on any atom is 0.338 e. The lowest BCUT2D eigenvalue weighted by atomic mass is 9.50. The molecule has 0 N–H and O–H groups in total. The van der Waals surface area contributed by atoms with Gasteiger partial charge in [0.25, 0.3) is 0 Å². The summed E-state index contributed by atoms with van der Waals surface area (Å²) in [5.41, 5.74) is 1.63. The number of carbonyl (C=O) groups excluding carboxylic acids is 2. The van der Waals surface area contributed by atoms with Gasteiger partial charge in [-0.3, -0.25) is 4.79 Å². The molecule has 4 fully saturated rings. The van der Waals surface area contributed by atoms with Crippen molar-refractivity contribution in [2.45, 2.75) is 38.5 Å². The number of ether oxygens (including phenoxy) is 1. The van der Waals surface area contributed by atoms with E-state index in [-0.39, 0.29) is 11.4 Å². The number of hydrogen-bond donors (Lipinski definition) is 0. The van der Waals surface area contributed by atoms with Gasteiger partial charge in [0.1, 0.15) is 5.76 Å². The molecule has 0 atom stereocenters. The third-order valence-electron chi connectivity index (χ3n) is 6.82. The maximum absolute atomic E-state index is 12.5. The lowest BCUT2D eigenvalue weighted by Gasteiger charge is -2.56. The quantitative estimate of drug-likeness (QED) is 0.545. The van der Waals surface area contributed by atoms with E-state index in [1.807, 2.05) is 12.1 Å². The highest BCUT2D eigenvalue weighted by Gasteiger charge is 2.51. The smallest absolute Gasteiger partial charge is 0.338 e. The van der Waals surface area contributed by atoms with E-state index in [2.05, 4.69) is 0 Å². The Bertz CT molecular complexity index is 825. The van der Waals surface area contributed by atoms with Crippen LogP contribution in [-0.2, 0) is 4.74 Å². The van der Waals surface area contributed by atoms with Gasteiger partial charge in [-0.15, -0.1) is 0 Å². The summed E-state index contributed by atoms with van der Waals surface area (Å²) in [5.74, 6) is 3.25. The van der Waals surface area contributed by atoms with E-state index in [1.54, 1.807) is 24.3 Å². The summed E-state index contributed by atoms with van der Waals surface area (Å²) in [5, 5.41) is 0. The van der Waals surface area contributed by atoms with Crippen LogP contribution in [0, 0.1) is 23.2 Å². The second kappa shape index (κ2) is 6.36. The number of furan rings is 1. The molecule has 4 saturated carbocycles. The SMILES string of the molecule is O=Cc1ccc(-c2ccc(C(=O)OCC34CC5CC(CC(C5)C3)C4)cc2)o1. The first kappa shape index (κ1) is 16.8. The van der Waals surface area contributed by atoms with Crippen molar-refractivity contribution < 1.29 is 18.7 Å². The number of esters is 1. The third-order valence-corrected chi connectivity index (χ3v) is 6.82. The highest BCUT2D eigenvalue weighted by molar-refractivity contribution is 5.90. The molecule has 4 heteroatoms. The van der Waals surface area contributed by atoms with Crippen LogP contribution in [0.15, 0.2) is 40.8 Å². The van der Waals surface area contributed by atoms with Gasteiger partial charge in [0.05, 0.1) is 12.2 Å². The Hall–Kier alpha value is -2.36. The van der Waals surface area contributed by atoms with Gasteiger partial charge in [-0.2, -0.15) is 0 Å². The predicted octanol–water partition coefficient (Wildman–Crippen LogP) is 5.13. The molecule has 0 amide bonds. The van der Waals surface area contributed by atoms with E-state index in [0.717, 1.165) is 23.3 Å². The van der Waals surface area contributed by atoms with E-state index >= 15 is 0 Å². The number of hydrogen-bond acceptors (Lipinski definition) is 4. The van der Waals surface area contributed by atoms with Crippen LogP contribution in [0.3, 0.4) is 0 Å². The molecule has 0 unspecified atom stereocenters. The first-order valence-electron chi connectivity index (χ1n) is 9.95. The van der Waals surface area contributed by atoms with Crippen molar-refractivity contribution in [1.82, 2.24) is 0 Å². The van der Waals surface area contributed by atoms with Crippen molar-refractivity contribution in [1.29, 1.82) is 0 Å². The van der Waals surface area contributed by atoms with Crippen LogP contribution in [0.1, 0.15) is 59.4 Å². The molecule has 4 aliphatic rings. The van der Waals surface area contributed by atoms with Crippen molar-refractivity contribution in [3.8, 4) is 11.3 Å². The van der Waals surface area contributed by atoms with Crippen molar-refractivity contribution in [3.05, 3.63) is 47.7 Å². The van der Waals surface area contributed by atoms with Gasteiger partial charge < -0.3 is 9.15 Å². The number of rotatable bonds is 5. The minimum Gasteiger partial charge on any atom is -0.462 e. The first-order valence-corrected chi connectivity index (χ1v) is 9.95. The Morgan fingerprint density at radius 1 is 1.00 bits per heavy atom. The monoisotopic (exact) mass is 364 g/mol. The Labute approximate surface area is 158 Å². The van der Waals surface area contributed by atoms with Crippen LogP contribution in [-0.4, -0.2) is 18.9 Å². The molecular formula is C23H24O4. The Morgan fingerprint density at radius 2 is 1.63 bits per heavy atom. The fraction of sp³-hybridized carbons (Fsp3) is 0.478. The van der Waals surface area contributed by atoms with Gasteiger partial charge in [-0.05, 0) is 80.5 Å². The van der Waals surface area contributed by atoms with Crippen molar-refractivity contribution in [2.75, 3.05) is 6.61 Å². The molecule has 0 saturated heterocycles. The fourth-order valence-corrected chi connectivity index (χ4v) is 6.11. The summed E-state index contributed by atoms with van der Waals surface area (Å²) >= 11 is 0. The van der Waals surface area contributed by atoms with Crippen molar-refractivity contribution >= 4 is 12.3 Å². The van der Waals surface area contributed by atoms with Crippen LogP contribution >= 0.6 is 0 Å². The zero-order valence-corrected chi connectivity index (χ0v) is 15.4. The molecule has 4 bridgehead atoms. The summed E-state index contributed by atoms with van der Waals surface area (Å²) in [6.45, 7) is 0.567. The van der Waals surface area contributed by atoms with Gasteiger partial charge in [0.15, 0.2) is 12.0 Å². The van der Waals surface area contributed by atoms with Crippen LogP contribution in [0.25, 0.3) is 11.3 Å². The highest BCUT2D eigenvalue weighted by Crippen LogP contribution is 2.60. The molecule has 140 valence electrons. The molecule has 27 heavy (non-hydrogen) atoms. The Kier molecular flexibility index (Phi) is 3.96. The predicted molar refractivity (Wildman–Crippen MR) is 100 cm³/mol. The maximum atomic E-state index is 12.5. The van der Waals surface area contributed by atoms with E-state index in [4.69, 9.17) is 9.15 Å². The second-order valence-electron chi connectivity index (χ2n) is 8.89. The molecule has 1 aromatic carbocycles. The first-order chi connectivity index (χ1) is 13.1. The third kappa shape index (κ3) is 3.11. The molecule has 4 nitrogen and oxygen atoms in total. The average molecular weight is 364 g/mol. The molecule has 2 aromatic rings. The summed E-state index contributed by atoms with van der Waals surface area (Å²) in [4.78, 5) is 23.3. The van der Waals surface area contributed by atoms with Gasteiger partial charge in [0, 0.05) is 11.0 Å². The van der Waals surface area contributed by atoms with Crippen molar-refractivity contribution in [2.24, 2.45) is 23.2 Å². The van der Waals surface area contributed by atoms with E-state index in [0.29, 0.717) is 30.0 Å². The average Bonchev–Trinajstić information content (AvgIpc) is 3.14. The summed E-state index contributed by atoms with van der Waals surface area (Å²) < 4.78 is 11.2. The molecule has 0 radical (unpaired) electrons. The lowest BCUT2D eigenvalue weighted by Crippen LogP contribution is -2.48. The van der Waals surface area contributed by atoms with Gasteiger partial charge in [-0.25, -0.2) is 4.79 Å². The second-order valence-corrected chi connectivity index (χ2v) is 8.89. The summed E-state index contributed by atoms with van der Waals surface area (Å²) in [6.07, 6.45) is 8.59. The largest absolute Gasteiger partial charge is 0.462 e. The van der Waals surface area contributed by atoms with Gasteiger partial charge in [-0.1, -0.05) is 12.1 Å². The number of carbonyl (C=O) groups is 2. The molecule has 0 spiro atoms. The molecular weight excluding hydrogens is 340 g/mol. The summed E-state index contributed by atoms with van der Waals surface area (Å²) in [7, 11) is 0. The number of aldehydes is 1. The topological polar surface area (TPSA) is 56.5 Å². The number of benzene rings is 1. The molecule has 0 aliphatic heterocycles. The van der Waals surface area contributed by atoms with Gasteiger partial charge >= 0.3 is 5.97 Å². The van der Waals surface area contributed by atoms with Gasteiger partial charge in [0.2, 0.25) is 0 Å². The van der Waals surface area contributed by atoms with Crippen LogP contribution in [0.4, 0.5) is 0 Å². The Morgan fingerprint density at radius 3 is 2.19 bits per heavy atom. The minimum atomic E-state index is -0.245. The molecule has 1 heterocycles. The lowest BCUT2D eigenvalue weighted by molar-refractivity contribution is -0.0848.